The van der Waals surface area contributed by atoms with Crippen molar-refractivity contribution in [3.8, 4) is 22.3 Å². The van der Waals surface area contributed by atoms with Gasteiger partial charge in [-0.3, -0.25) is 38.1 Å². The predicted octanol–water partition coefficient (Wildman–Crippen LogP) is 8.49. The van der Waals surface area contributed by atoms with Crippen LogP contribution in [0.4, 0.5) is 20.4 Å². The highest BCUT2D eigenvalue weighted by Crippen LogP contribution is 2.33. The molecule has 0 unspecified atom stereocenters. The van der Waals surface area contributed by atoms with Gasteiger partial charge in [0.15, 0.2) is 11.6 Å². The third-order valence-electron chi connectivity index (χ3n) is 13.5. The number of anilines is 2. The van der Waals surface area contributed by atoms with Crippen molar-refractivity contribution in [2.75, 3.05) is 51.9 Å². The van der Waals surface area contributed by atoms with Gasteiger partial charge < -0.3 is 35.8 Å². The predicted molar refractivity (Wildman–Crippen MR) is 335 cm³/mol. The molecule has 0 saturated carbocycles. The van der Waals surface area contributed by atoms with Crippen molar-refractivity contribution >= 4 is 113 Å². The van der Waals surface area contributed by atoms with E-state index in [1.54, 1.807) is 68.1 Å². The normalized spacial score (nSPS) is 16.1. The zero-order valence-corrected chi connectivity index (χ0v) is 52.2. The summed E-state index contributed by atoms with van der Waals surface area (Å²) < 4.78 is 31.5. The number of carboxylic acids is 1. The minimum Gasteiger partial charge on any atom is -0.480 e. The molecule has 3 amide bonds. The van der Waals surface area contributed by atoms with Gasteiger partial charge in [0.25, 0.3) is 0 Å². The topological polar surface area (TPSA) is 281 Å². The Morgan fingerprint density at radius 1 is 0.655 bits per heavy atom. The maximum absolute atomic E-state index is 14.6. The molecule has 0 aliphatic carbocycles. The molecule has 4 atom stereocenters. The number of nitrogens with zero attached hydrogens (tertiary/aromatic N) is 13. The lowest BCUT2D eigenvalue weighted by Crippen LogP contribution is -2.44. The van der Waals surface area contributed by atoms with E-state index in [0.717, 1.165) is 33.4 Å². The number of ketones is 2. The number of pyridine rings is 2. The van der Waals surface area contributed by atoms with E-state index in [1.807, 2.05) is 69.2 Å². The number of aliphatic carboxylic acids is 1. The summed E-state index contributed by atoms with van der Waals surface area (Å²) >= 11 is 6.47. The van der Waals surface area contributed by atoms with Gasteiger partial charge in [-0.25, -0.2) is 38.7 Å². The quantitative estimate of drug-likeness (QED) is 0.0521. The van der Waals surface area contributed by atoms with Crippen LogP contribution in [0.3, 0.4) is 0 Å². The number of carbonyl (C=O) groups is 6. The standard InChI is InChI=1S/C29H30BrFN8O3.C19H21N5O3.C10H11BrFN3O.CH4.ClH/c1-16(40)27-22-9-18(20-11-32-17(2)33-12-20)8-19(13-37(3)4)28(22)39(36-27)15-26(41)38-14-21(31)10-23(38)29(42)35-25-7-5-6-24(30)34-25;1-11(25)18-16-6-13(15-7-20-12(2)21-8-15)5-14(9-23(3)4)19(16)24(22-18)10-17(26)27;11-8-2-1-3-9(14-8)15-10(16)7-4-6(12)5-13-7;;/h5-9,11-12,21,23H,10,13-15H2,1-4H3,(H,34,35,42);5-8H,9-10H2,1-4H3,(H,26,27);1-3,6-7,13H,4-5H2,(H,14,15,16);1H4;1H/t21-,23+;;6-,7+;;/m1.1../s1. The number of carbonyl (C=O) groups excluding carboxylic acids is 5. The number of amides is 3. The SMILES string of the molecule is C.CC(=O)c1nn(CC(=O)N2C[C@H](F)C[C@H]2C(=O)Nc2cccc(Br)n2)c2c(CN(C)C)cc(-c3cnc(C)nc3)cc12.CC(=O)c1nn(CC(=O)O)c2c(CN(C)C)cc(-c3cnc(C)nc3)cc12.Cl.O=C(Nc1cccc(Br)n1)[C@@H]1C[C@@H](F)CN1. The highest BCUT2D eigenvalue weighted by atomic mass is 79.9. The number of rotatable bonds is 16. The van der Waals surface area contributed by atoms with Gasteiger partial charge in [-0.1, -0.05) is 19.6 Å². The molecule has 10 rings (SSSR count). The van der Waals surface area contributed by atoms with Crippen LogP contribution in [-0.2, 0) is 45.4 Å². The first kappa shape index (κ1) is 68.2. The highest BCUT2D eigenvalue weighted by Gasteiger charge is 2.40. The van der Waals surface area contributed by atoms with E-state index in [-0.39, 0.29) is 93.5 Å². The summed E-state index contributed by atoms with van der Waals surface area (Å²) in [6, 6.07) is 16.4. The lowest BCUT2D eigenvalue weighted by atomic mass is 10.00. The maximum atomic E-state index is 14.6. The number of likely N-dealkylation sites (tertiary alicyclic amines) is 1. The van der Waals surface area contributed by atoms with E-state index in [2.05, 4.69) is 87.9 Å². The number of halogens is 5. The molecular formula is C59H67Br2ClF2N16O7. The second kappa shape index (κ2) is 30.1. The number of hydrogen-bond donors (Lipinski definition) is 4. The third kappa shape index (κ3) is 17.4. The molecule has 87 heavy (non-hydrogen) atoms. The molecule has 2 saturated heterocycles. The van der Waals surface area contributed by atoms with Crippen LogP contribution in [0.5, 0.6) is 0 Å². The third-order valence-corrected chi connectivity index (χ3v) is 14.4. The molecule has 2 aliphatic rings. The molecule has 460 valence electrons. The number of benzene rings is 2. The van der Waals surface area contributed by atoms with Crippen LogP contribution in [0.15, 0.2) is 94.7 Å². The monoisotopic (exact) mass is 1340 g/mol. The van der Waals surface area contributed by atoms with Crippen LogP contribution in [-0.4, -0.2) is 170 Å². The Morgan fingerprint density at radius 3 is 1.51 bits per heavy atom. The molecule has 0 spiro atoms. The first-order chi connectivity index (χ1) is 40.4. The van der Waals surface area contributed by atoms with Gasteiger partial charge in [0, 0.05) is 93.0 Å². The average Bonchev–Trinajstić information content (AvgIpc) is 1.69. The van der Waals surface area contributed by atoms with Crippen LogP contribution in [0, 0.1) is 13.8 Å². The Bertz CT molecular complexity index is 3820. The minimum absolute atomic E-state index is 0. The Labute approximate surface area is 523 Å². The van der Waals surface area contributed by atoms with Crippen LogP contribution >= 0.6 is 44.3 Å². The first-order valence-electron chi connectivity index (χ1n) is 26.8. The number of aryl methyl sites for hydroxylation is 2. The van der Waals surface area contributed by atoms with E-state index >= 15 is 0 Å². The molecule has 0 radical (unpaired) electrons. The number of carboxylic acid groups (broad SMARTS) is 1. The molecule has 23 nitrogen and oxygen atoms in total. The molecule has 0 bridgehead atoms. The Morgan fingerprint density at radius 2 is 1.10 bits per heavy atom. The van der Waals surface area contributed by atoms with Crippen molar-refractivity contribution in [3.05, 3.63) is 129 Å². The number of hydrogen-bond acceptors (Lipinski definition) is 17. The van der Waals surface area contributed by atoms with Gasteiger partial charge in [0.1, 0.15) is 75.4 Å². The van der Waals surface area contributed by atoms with Crippen molar-refractivity contribution in [1.82, 2.24) is 69.5 Å². The molecular weight excluding hydrogens is 1280 g/mol. The minimum atomic E-state index is -1.36. The zero-order chi connectivity index (χ0) is 61.4. The van der Waals surface area contributed by atoms with Crippen molar-refractivity contribution in [1.29, 1.82) is 0 Å². The largest absolute Gasteiger partial charge is 0.480 e. The molecule has 6 aromatic heterocycles. The number of aromatic nitrogens is 10. The molecule has 8 heterocycles. The number of fused-ring (bicyclic) bond motifs is 2. The van der Waals surface area contributed by atoms with Crippen LogP contribution in [0.1, 0.15) is 77.9 Å². The fourth-order valence-corrected chi connectivity index (χ4v) is 10.5. The molecule has 2 fully saturated rings. The second-order valence-corrected chi connectivity index (χ2v) is 22.6. The summed E-state index contributed by atoms with van der Waals surface area (Å²) in [5.41, 5.74) is 6.75. The van der Waals surface area contributed by atoms with Gasteiger partial charge >= 0.3 is 5.97 Å². The molecule has 2 aliphatic heterocycles. The van der Waals surface area contributed by atoms with Gasteiger partial charge in [0.2, 0.25) is 17.7 Å². The Balaban J connectivity index is 0.000000229. The van der Waals surface area contributed by atoms with E-state index in [4.69, 9.17) is 0 Å². The lowest BCUT2D eigenvalue weighted by Gasteiger charge is -2.24. The van der Waals surface area contributed by atoms with Crippen molar-refractivity contribution < 1.29 is 42.7 Å². The maximum Gasteiger partial charge on any atom is 0.325 e. The van der Waals surface area contributed by atoms with Crippen LogP contribution < -0.4 is 16.0 Å². The smallest absolute Gasteiger partial charge is 0.325 e. The summed E-state index contributed by atoms with van der Waals surface area (Å²) in [5, 5.41) is 27.4. The van der Waals surface area contributed by atoms with E-state index < -0.39 is 42.2 Å². The summed E-state index contributed by atoms with van der Waals surface area (Å²) in [5.74, 6) is -0.674. The molecule has 28 heteroatoms. The van der Waals surface area contributed by atoms with Crippen LogP contribution in [0.2, 0.25) is 0 Å². The highest BCUT2D eigenvalue weighted by molar-refractivity contribution is 9.10. The number of Topliss-reactive ketones (excluding diaryl/α,β-unsaturated/α-hetero) is 2. The zero-order valence-electron chi connectivity index (χ0n) is 48.2. The van der Waals surface area contributed by atoms with Crippen molar-refractivity contribution in [2.45, 2.75) is 98.6 Å². The second-order valence-electron chi connectivity index (χ2n) is 21.0. The average molecular weight is 1350 g/mol. The summed E-state index contributed by atoms with van der Waals surface area (Å²) in [4.78, 5) is 105. The van der Waals surface area contributed by atoms with Gasteiger partial charge in [-0.05, 0) is 145 Å². The molecule has 8 aromatic rings. The number of alkyl halides is 2. The van der Waals surface area contributed by atoms with E-state index in [0.29, 0.717) is 61.6 Å². The Hall–Kier alpha value is -7.95. The number of nitrogens with one attached hydrogen (secondary N) is 3. The summed E-state index contributed by atoms with van der Waals surface area (Å²) in [6.45, 7) is 6.97. The van der Waals surface area contributed by atoms with Gasteiger partial charge in [-0.2, -0.15) is 10.2 Å². The van der Waals surface area contributed by atoms with E-state index in [1.165, 1.54) is 28.1 Å². The lowest BCUT2D eigenvalue weighted by molar-refractivity contribution is -0.138. The van der Waals surface area contributed by atoms with Crippen LogP contribution in [0.25, 0.3) is 44.1 Å². The summed E-state index contributed by atoms with van der Waals surface area (Å²) in [6.07, 6.45) is 4.71. The molecule has 2 aromatic carbocycles. The molecule has 4 N–H and O–H groups in total. The van der Waals surface area contributed by atoms with Gasteiger partial charge in [-0.15, -0.1) is 12.4 Å². The summed E-state index contributed by atoms with van der Waals surface area (Å²) in [7, 11) is 7.69. The van der Waals surface area contributed by atoms with Crippen molar-refractivity contribution in [2.24, 2.45) is 0 Å². The van der Waals surface area contributed by atoms with Gasteiger partial charge in [0.05, 0.1) is 23.6 Å². The van der Waals surface area contributed by atoms with Crippen molar-refractivity contribution in [3.63, 3.8) is 0 Å². The van der Waals surface area contributed by atoms with E-state index in [9.17, 15) is 42.7 Å². The fraction of sp³-hybridized carbons (Fsp3) is 0.356. The first-order valence-corrected chi connectivity index (χ1v) is 28.4. The Kier molecular flexibility index (Phi) is 23.6. The fourth-order valence-electron chi connectivity index (χ4n) is 9.82.